The molecule has 90 valence electrons. The lowest BCUT2D eigenvalue weighted by atomic mass is 10.3. The zero-order valence-electron chi connectivity index (χ0n) is 9.17. The minimum atomic E-state index is -3.52. The standard InChI is InChI=1S/C11H11FN2O2S/c1-14-7-9(6-13-14)8-17(15,16)11-4-2-3-10(12)5-11/h2-7H,8H2,1H3. The van der Waals surface area contributed by atoms with Gasteiger partial charge in [-0.05, 0) is 18.2 Å². The van der Waals surface area contributed by atoms with E-state index in [1.54, 1.807) is 13.2 Å². The third-order valence-corrected chi connectivity index (χ3v) is 3.96. The quantitative estimate of drug-likeness (QED) is 0.834. The molecule has 1 aromatic carbocycles. The van der Waals surface area contributed by atoms with Crippen molar-refractivity contribution in [2.24, 2.45) is 7.05 Å². The maximum atomic E-state index is 13.0. The summed E-state index contributed by atoms with van der Waals surface area (Å²) in [7, 11) is -1.81. The van der Waals surface area contributed by atoms with Crippen molar-refractivity contribution in [2.75, 3.05) is 0 Å². The molecule has 0 fully saturated rings. The summed E-state index contributed by atoms with van der Waals surface area (Å²) in [6, 6.07) is 5.00. The average molecular weight is 254 g/mol. The van der Waals surface area contributed by atoms with Gasteiger partial charge in [-0.25, -0.2) is 12.8 Å². The van der Waals surface area contributed by atoms with Crippen LogP contribution in [0.15, 0.2) is 41.6 Å². The molecule has 0 N–H and O–H groups in total. The molecule has 0 aliphatic heterocycles. The second-order valence-corrected chi connectivity index (χ2v) is 5.73. The van der Waals surface area contributed by atoms with Crippen molar-refractivity contribution in [3.63, 3.8) is 0 Å². The number of benzene rings is 1. The van der Waals surface area contributed by atoms with E-state index in [1.165, 1.54) is 29.1 Å². The average Bonchev–Trinajstić information content (AvgIpc) is 2.63. The molecule has 0 spiro atoms. The van der Waals surface area contributed by atoms with E-state index in [9.17, 15) is 12.8 Å². The van der Waals surface area contributed by atoms with Gasteiger partial charge in [-0.15, -0.1) is 0 Å². The van der Waals surface area contributed by atoms with E-state index >= 15 is 0 Å². The maximum absolute atomic E-state index is 13.0. The number of aryl methyl sites for hydroxylation is 1. The monoisotopic (exact) mass is 254 g/mol. The minimum absolute atomic E-state index is 0.0126. The van der Waals surface area contributed by atoms with E-state index in [0.717, 1.165) is 6.07 Å². The van der Waals surface area contributed by atoms with Gasteiger partial charge in [0.2, 0.25) is 0 Å². The van der Waals surface area contributed by atoms with E-state index < -0.39 is 15.7 Å². The second-order valence-electron chi connectivity index (χ2n) is 3.74. The summed E-state index contributed by atoms with van der Waals surface area (Å²) in [6.45, 7) is 0. The van der Waals surface area contributed by atoms with Crippen LogP contribution in [0.1, 0.15) is 5.56 Å². The Morgan fingerprint density at radius 2 is 2.18 bits per heavy atom. The largest absolute Gasteiger partial charge is 0.276 e. The fourth-order valence-corrected chi connectivity index (χ4v) is 2.84. The molecule has 0 atom stereocenters. The number of sulfone groups is 1. The summed E-state index contributed by atoms with van der Waals surface area (Å²) in [5.41, 5.74) is 0.580. The number of aromatic nitrogens is 2. The first-order chi connectivity index (χ1) is 7.97. The van der Waals surface area contributed by atoms with Crippen LogP contribution < -0.4 is 0 Å². The van der Waals surface area contributed by atoms with Crippen LogP contribution in [0, 0.1) is 5.82 Å². The van der Waals surface area contributed by atoms with Gasteiger partial charge < -0.3 is 0 Å². The predicted octanol–water partition coefficient (Wildman–Crippen LogP) is 1.53. The van der Waals surface area contributed by atoms with Crippen molar-refractivity contribution >= 4 is 9.84 Å². The third kappa shape index (κ3) is 2.71. The molecule has 0 saturated carbocycles. The number of hydrogen-bond donors (Lipinski definition) is 0. The third-order valence-electron chi connectivity index (χ3n) is 2.27. The smallest absolute Gasteiger partial charge is 0.182 e. The first-order valence-electron chi connectivity index (χ1n) is 4.93. The fraction of sp³-hybridized carbons (Fsp3) is 0.182. The highest BCUT2D eigenvalue weighted by atomic mass is 32.2. The van der Waals surface area contributed by atoms with Gasteiger partial charge >= 0.3 is 0 Å². The van der Waals surface area contributed by atoms with E-state index in [4.69, 9.17) is 0 Å². The Bertz CT molecular complexity index is 634. The Hall–Kier alpha value is -1.69. The highest BCUT2D eigenvalue weighted by molar-refractivity contribution is 7.90. The van der Waals surface area contributed by atoms with E-state index in [0.29, 0.717) is 5.56 Å². The summed E-state index contributed by atoms with van der Waals surface area (Å²) in [5, 5.41) is 3.89. The Morgan fingerprint density at radius 3 is 2.76 bits per heavy atom. The Morgan fingerprint density at radius 1 is 1.41 bits per heavy atom. The van der Waals surface area contributed by atoms with Crippen molar-refractivity contribution in [1.82, 2.24) is 9.78 Å². The molecule has 0 unspecified atom stereocenters. The molecule has 0 amide bonds. The van der Waals surface area contributed by atoms with E-state index in [-0.39, 0.29) is 10.6 Å². The molecule has 6 heteroatoms. The highest BCUT2D eigenvalue weighted by Gasteiger charge is 2.16. The predicted molar refractivity (Wildman–Crippen MR) is 60.5 cm³/mol. The lowest BCUT2D eigenvalue weighted by Gasteiger charge is -2.02. The second kappa shape index (κ2) is 4.29. The number of halogens is 1. The highest BCUT2D eigenvalue weighted by Crippen LogP contribution is 2.16. The molecule has 0 aliphatic carbocycles. The summed E-state index contributed by atoms with van der Waals surface area (Å²) in [4.78, 5) is -0.0126. The van der Waals surface area contributed by atoms with Crippen LogP contribution >= 0.6 is 0 Å². The molecular formula is C11H11FN2O2S. The maximum Gasteiger partial charge on any atom is 0.182 e. The number of hydrogen-bond acceptors (Lipinski definition) is 3. The summed E-state index contributed by atoms with van der Waals surface area (Å²) in [5.74, 6) is -0.734. The zero-order chi connectivity index (χ0) is 12.5. The molecule has 0 radical (unpaired) electrons. The molecular weight excluding hydrogens is 243 g/mol. The zero-order valence-corrected chi connectivity index (χ0v) is 9.98. The molecule has 1 heterocycles. The Kier molecular flexibility index (Phi) is 2.97. The van der Waals surface area contributed by atoms with Gasteiger partial charge in [0.05, 0.1) is 16.8 Å². The molecule has 0 aliphatic rings. The fourth-order valence-electron chi connectivity index (χ4n) is 1.51. The van der Waals surface area contributed by atoms with Crippen molar-refractivity contribution in [3.05, 3.63) is 48.0 Å². The van der Waals surface area contributed by atoms with E-state index in [1.807, 2.05) is 0 Å². The first kappa shape index (κ1) is 11.8. The SMILES string of the molecule is Cn1cc(CS(=O)(=O)c2cccc(F)c2)cn1. The van der Waals surface area contributed by atoms with Gasteiger partial charge in [0, 0.05) is 18.8 Å². The molecule has 2 rings (SSSR count). The lowest BCUT2D eigenvalue weighted by Crippen LogP contribution is -2.04. The van der Waals surface area contributed by atoms with Gasteiger partial charge in [0.1, 0.15) is 5.82 Å². The topological polar surface area (TPSA) is 52.0 Å². The van der Waals surface area contributed by atoms with Crippen LogP contribution in [-0.2, 0) is 22.6 Å². The molecule has 17 heavy (non-hydrogen) atoms. The normalized spacial score (nSPS) is 11.6. The van der Waals surface area contributed by atoms with Crippen LogP contribution in [0.5, 0.6) is 0 Å². The molecule has 1 aromatic heterocycles. The van der Waals surface area contributed by atoms with Gasteiger partial charge in [0.15, 0.2) is 9.84 Å². The van der Waals surface area contributed by atoms with Crippen molar-refractivity contribution < 1.29 is 12.8 Å². The van der Waals surface area contributed by atoms with Crippen LogP contribution in [-0.4, -0.2) is 18.2 Å². The summed E-state index contributed by atoms with van der Waals surface area (Å²) >= 11 is 0. The van der Waals surface area contributed by atoms with Gasteiger partial charge in [0.25, 0.3) is 0 Å². The van der Waals surface area contributed by atoms with Crippen LogP contribution in [0.2, 0.25) is 0 Å². The molecule has 2 aromatic rings. The van der Waals surface area contributed by atoms with Gasteiger partial charge in [-0.3, -0.25) is 4.68 Å². The molecule has 0 bridgehead atoms. The Labute approximate surface area is 98.6 Å². The lowest BCUT2D eigenvalue weighted by molar-refractivity contribution is 0.590. The van der Waals surface area contributed by atoms with Crippen molar-refractivity contribution in [3.8, 4) is 0 Å². The van der Waals surface area contributed by atoms with Gasteiger partial charge in [-0.2, -0.15) is 5.10 Å². The van der Waals surface area contributed by atoms with Crippen LogP contribution in [0.3, 0.4) is 0 Å². The van der Waals surface area contributed by atoms with E-state index in [2.05, 4.69) is 5.10 Å². The first-order valence-corrected chi connectivity index (χ1v) is 6.58. The summed E-state index contributed by atoms with van der Waals surface area (Å²) in [6.07, 6.45) is 3.10. The summed E-state index contributed by atoms with van der Waals surface area (Å²) < 4.78 is 38.4. The molecule has 0 saturated heterocycles. The molecule has 4 nitrogen and oxygen atoms in total. The van der Waals surface area contributed by atoms with Crippen LogP contribution in [0.25, 0.3) is 0 Å². The van der Waals surface area contributed by atoms with Gasteiger partial charge in [-0.1, -0.05) is 6.07 Å². The van der Waals surface area contributed by atoms with Crippen molar-refractivity contribution in [2.45, 2.75) is 10.6 Å². The number of rotatable bonds is 3. The van der Waals surface area contributed by atoms with Crippen LogP contribution in [0.4, 0.5) is 4.39 Å². The Balaban J connectivity index is 2.31. The number of nitrogens with zero attached hydrogens (tertiary/aromatic N) is 2. The van der Waals surface area contributed by atoms with Crippen molar-refractivity contribution in [1.29, 1.82) is 0 Å². The minimum Gasteiger partial charge on any atom is -0.276 e.